The lowest BCUT2D eigenvalue weighted by atomic mass is 10.2. The van der Waals surface area contributed by atoms with Gasteiger partial charge in [-0.25, -0.2) is 0 Å². The average molecular weight is 370 g/mol. The van der Waals surface area contributed by atoms with Crippen molar-refractivity contribution in [3.05, 3.63) is 58.9 Å². The van der Waals surface area contributed by atoms with Gasteiger partial charge in [0.15, 0.2) is 11.4 Å². The van der Waals surface area contributed by atoms with Crippen molar-refractivity contribution < 1.29 is 19.1 Å². The Kier molecular flexibility index (Phi) is 5.48. The Bertz CT molecular complexity index is 1020. The van der Waals surface area contributed by atoms with Gasteiger partial charge in [0.25, 0.3) is 5.91 Å². The van der Waals surface area contributed by atoms with Gasteiger partial charge in [0, 0.05) is 0 Å². The molecule has 0 fully saturated rings. The van der Waals surface area contributed by atoms with E-state index in [1.165, 1.54) is 18.4 Å². The van der Waals surface area contributed by atoms with Crippen LogP contribution in [0, 0.1) is 6.92 Å². The first kappa shape index (κ1) is 17.9. The number of aryl methyl sites for hydroxylation is 1. The van der Waals surface area contributed by atoms with Gasteiger partial charge in [-0.15, -0.1) is 0 Å². The quantitative estimate of drug-likeness (QED) is 0.648. The number of nitrogens with zero attached hydrogens (tertiary/aromatic N) is 2. The Morgan fingerprint density at radius 2 is 1.85 bits per heavy atom. The zero-order valence-electron chi connectivity index (χ0n) is 14.5. The van der Waals surface area contributed by atoms with E-state index in [1.807, 2.05) is 49.4 Å². The smallest absolute Gasteiger partial charge is 0.325 e. The van der Waals surface area contributed by atoms with Crippen LogP contribution in [0.1, 0.15) is 5.56 Å². The normalized spacial score (nSPS) is 11.5. The zero-order chi connectivity index (χ0) is 18.5. The summed E-state index contributed by atoms with van der Waals surface area (Å²) >= 11 is 1.34. The topological polar surface area (TPSA) is 69.9 Å². The van der Waals surface area contributed by atoms with Crippen LogP contribution in [0.2, 0.25) is 0 Å². The molecule has 0 aliphatic rings. The number of ether oxygens (including phenoxy) is 2. The minimum Gasteiger partial charge on any atom is -0.483 e. The molecule has 0 N–H and O–H groups in total. The van der Waals surface area contributed by atoms with Crippen molar-refractivity contribution in [1.82, 2.24) is 4.57 Å². The summed E-state index contributed by atoms with van der Waals surface area (Å²) in [6.45, 7) is 1.73. The molecule has 1 aromatic heterocycles. The molecule has 1 amide bonds. The van der Waals surface area contributed by atoms with Crippen molar-refractivity contribution in [2.75, 3.05) is 13.7 Å². The highest BCUT2D eigenvalue weighted by molar-refractivity contribution is 7.16. The summed E-state index contributed by atoms with van der Waals surface area (Å²) < 4.78 is 12.9. The maximum atomic E-state index is 12.3. The molecule has 0 saturated heterocycles. The summed E-state index contributed by atoms with van der Waals surface area (Å²) in [5, 5.41) is 0. The average Bonchev–Trinajstić information content (AvgIpc) is 2.98. The van der Waals surface area contributed by atoms with Crippen LogP contribution in [0.5, 0.6) is 5.75 Å². The third-order valence-corrected chi connectivity index (χ3v) is 4.83. The molecular formula is C19H18N2O4S. The number of methoxy groups -OCH3 is 1. The third kappa shape index (κ3) is 4.00. The van der Waals surface area contributed by atoms with E-state index < -0.39 is 11.9 Å². The first-order valence-electron chi connectivity index (χ1n) is 7.99. The van der Waals surface area contributed by atoms with Crippen LogP contribution in [0.25, 0.3) is 10.2 Å². The lowest BCUT2D eigenvalue weighted by molar-refractivity contribution is -0.141. The van der Waals surface area contributed by atoms with E-state index in [1.54, 1.807) is 10.6 Å². The summed E-state index contributed by atoms with van der Waals surface area (Å²) in [4.78, 5) is 28.6. The van der Waals surface area contributed by atoms with Crippen molar-refractivity contribution in [2.45, 2.75) is 13.5 Å². The number of carbonyl (C=O) groups excluding carboxylic acids is 2. The molecule has 26 heavy (non-hydrogen) atoms. The van der Waals surface area contributed by atoms with Crippen molar-refractivity contribution >= 4 is 33.4 Å². The van der Waals surface area contributed by atoms with Gasteiger partial charge in [0.05, 0.1) is 17.3 Å². The van der Waals surface area contributed by atoms with Gasteiger partial charge in [-0.2, -0.15) is 4.99 Å². The fraction of sp³-hybridized carbons (Fsp3) is 0.211. The molecular weight excluding hydrogens is 352 g/mol. The van der Waals surface area contributed by atoms with E-state index in [4.69, 9.17) is 9.47 Å². The molecule has 3 rings (SSSR count). The number of aromatic nitrogens is 1. The van der Waals surface area contributed by atoms with Gasteiger partial charge in [-0.1, -0.05) is 41.7 Å². The fourth-order valence-corrected chi connectivity index (χ4v) is 3.50. The van der Waals surface area contributed by atoms with E-state index in [-0.39, 0.29) is 13.2 Å². The molecule has 7 heteroatoms. The molecule has 0 aliphatic carbocycles. The Morgan fingerprint density at radius 1 is 1.12 bits per heavy atom. The van der Waals surface area contributed by atoms with Crippen LogP contribution in [0.15, 0.2) is 53.5 Å². The van der Waals surface area contributed by atoms with E-state index in [0.717, 1.165) is 15.8 Å². The summed E-state index contributed by atoms with van der Waals surface area (Å²) in [5.41, 5.74) is 1.78. The number of benzene rings is 2. The first-order valence-corrected chi connectivity index (χ1v) is 8.81. The standard InChI is InChI=1S/C19H18N2O4S/c1-13-7-3-5-9-15(13)25-12-17(22)20-19-21(11-18(23)24-2)14-8-4-6-10-16(14)26-19/h3-10H,11-12H2,1-2H3. The highest BCUT2D eigenvalue weighted by atomic mass is 32.1. The van der Waals surface area contributed by atoms with Crippen LogP contribution in [-0.2, 0) is 20.9 Å². The molecule has 0 radical (unpaired) electrons. The number of para-hydroxylation sites is 2. The van der Waals surface area contributed by atoms with Crippen molar-refractivity contribution in [3.63, 3.8) is 0 Å². The molecule has 134 valence electrons. The summed E-state index contributed by atoms with van der Waals surface area (Å²) in [5.74, 6) is -0.174. The molecule has 3 aromatic rings. The molecule has 0 bridgehead atoms. The Balaban J connectivity index is 1.88. The molecule has 6 nitrogen and oxygen atoms in total. The maximum absolute atomic E-state index is 12.3. The van der Waals surface area contributed by atoms with Crippen molar-refractivity contribution in [3.8, 4) is 5.75 Å². The Morgan fingerprint density at radius 3 is 2.62 bits per heavy atom. The highest BCUT2D eigenvalue weighted by Crippen LogP contribution is 2.17. The molecule has 1 heterocycles. The van der Waals surface area contributed by atoms with E-state index in [2.05, 4.69) is 4.99 Å². The van der Waals surface area contributed by atoms with Crippen LogP contribution in [-0.4, -0.2) is 30.2 Å². The second-order valence-corrected chi connectivity index (χ2v) is 6.58. The van der Waals surface area contributed by atoms with Crippen LogP contribution >= 0.6 is 11.3 Å². The van der Waals surface area contributed by atoms with Gasteiger partial charge >= 0.3 is 5.97 Å². The summed E-state index contributed by atoms with van der Waals surface area (Å²) in [6.07, 6.45) is 0. The molecule has 2 aromatic carbocycles. The number of fused-ring (bicyclic) bond motifs is 1. The number of rotatable bonds is 5. The Labute approximate surface area is 154 Å². The number of esters is 1. The predicted molar refractivity (Wildman–Crippen MR) is 99.1 cm³/mol. The number of amides is 1. The van der Waals surface area contributed by atoms with Gasteiger partial charge in [0.1, 0.15) is 12.3 Å². The number of hydrogen-bond acceptors (Lipinski definition) is 5. The van der Waals surface area contributed by atoms with Crippen molar-refractivity contribution in [2.24, 2.45) is 4.99 Å². The minimum absolute atomic E-state index is 0.00865. The molecule has 0 atom stereocenters. The van der Waals surface area contributed by atoms with E-state index in [9.17, 15) is 9.59 Å². The first-order chi connectivity index (χ1) is 12.6. The van der Waals surface area contributed by atoms with Gasteiger partial charge in [-0.3, -0.25) is 9.59 Å². The minimum atomic E-state index is -0.418. The summed E-state index contributed by atoms with van der Waals surface area (Å²) in [7, 11) is 1.33. The highest BCUT2D eigenvalue weighted by Gasteiger charge is 2.11. The summed E-state index contributed by atoms with van der Waals surface area (Å²) in [6, 6.07) is 15.0. The monoisotopic (exact) mass is 370 g/mol. The second kappa shape index (κ2) is 7.97. The molecule has 0 saturated carbocycles. The van der Waals surface area contributed by atoms with Gasteiger partial charge in [0.2, 0.25) is 0 Å². The van der Waals surface area contributed by atoms with Crippen LogP contribution in [0.3, 0.4) is 0 Å². The number of thiazole rings is 1. The SMILES string of the molecule is COC(=O)Cn1c(=NC(=O)COc2ccccc2C)sc2ccccc21. The largest absolute Gasteiger partial charge is 0.483 e. The number of carbonyl (C=O) groups is 2. The number of hydrogen-bond donors (Lipinski definition) is 0. The third-order valence-electron chi connectivity index (χ3n) is 3.77. The lowest BCUT2D eigenvalue weighted by Crippen LogP contribution is -2.23. The Hall–Kier alpha value is -2.93. The molecule has 0 unspecified atom stereocenters. The van der Waals surface area contributed by atoms with Crippen LogP contribution in [0.4, 0.5) is 0 Å². The fourth-order valence-electron chi connectivity index (χ4n) is 2.45. The maximum Gasteiger partial charge on any atom is 0.325 e. The zero-order valence-corrected chi connectivity index (χ0v) is 15.3. The van der Waals surface area contributed by atoms with Gasteiger partial charge in [-0.05, 0) is 30.7 Å². The van der Waals surface area contributed by atoms with E-state index in [0.29, 0.717) is 10.6 Å². The predicted octanol–water partition coefficient (Wildman–Crippen LogP) is 2.69. The van der Waals surface area contributed by atoms with E-state index >= 15 is 0 Å². The van der Waals surface area contributed by atoms with Gasteiger partial charge < -0.3 is 14.0 Å². The molecule has 0 aliphatic heterocycles. The molecule has 0 spiro atoms. The van der Waals surface area contributed by atoms with Crippen molar-refractivity contribution in [1.29, 1.82) is 0 Å². The second-order valence-electron chi connectivity index (χ2n) is 5.57. The van der Waals surface area contributed by atoms with Crippen LogP contribution < -0.4 is 9.54 Å². The lowest BCUT2D eigenvalue weighted by Gasteiger charge is -2.06.